The Hall–Kier alpha value is -2.17. The SMILES string of the molecule is N#Cc1ccc([N+](=O)[O-])c([C@H](N)CO)c1O. The first-order valence-electron chi connectivity index (χ1n) is 4.29. The average molecular weight is 223 g/mol. The van der Waals surface area contributed by atoms with Crippen molar-refractivity contribution in [1.29, 1.82) is 5.26 Å². The molecular weight excluding hydrogens is 214 g/mol. The van der Waals surface area contributed by atoms with Crippen LogP contribution in [0.25, 0.3) is 0 Å². The van der Waals surface area contributed by atoms with Crippen LogP contribution in [0, 0.1) is 21.4 Å². The van der Waals surface area contributed by atoms with Crippen molar-refractivity contribution in [2.45, 2.75) is 6.04 Å². The third-order valence-corrected chi connectivity index (χ3v) is 2.08. The van der Waals surface area contributed by atoms with Crippen LogP contribution < -0.4 is 5.73 Å². The Bertz CT molecular complexity index is 467. The van der Waals surface area contributed by atoms with E-state index in [0.717, 1.165) is 12.1 Å². The van der Waals surface area contributed by atoms with Crippen molar-refractivity contribution in [2.24, 2.45) is 5.73 Å². The van der Waals surface area contributed by atoms with E-state index in [0.29, 0.717) is 0 Å². The lowest BCUT2D eigenvalue weighted by molar-refractivity contribution is -0.385. The molecule has 7 heteroatoms. The first kappa shape index (κ1) is 11.9. The van der Waals surface area contributed by atoms with E-state index in [1.807, 2.05) is 0 Å². The molecule has 1 rings (SSSR count). The Kier molecular flexibility index (Phi) is 3.40. The molecule has 1 aromatic rings. The van der Waals surface area contributed by atoms with Crippen LogP contribution >= 0.6 is 0 Å². The Morgan fingerprint density at radius 3 is 2.69 bits per heavy atom. The van der Waals surface area contributed by atoms with Crippen molar-refractivity contribution < 1.29 is 15.1 Å². The number of aliphatic hydroxyl groups excluding tert-OH is 1. The molecule has 0 aliphatic carbocycles. The number of nitrogens with two attached hydrogens (primary N) is 1. The van der Waals surface area contributed by atoms with E-state index in [1.165, 1.54) is 0 Å². The number of phenolic OH excluding ortho intramolecular Hbond substituents is 1. The lowest BCUT2D eigenvalue weighted by Gasteiger charge is -2.11. The molecule has 16 heavy (non-hydrogen) atoms. The van der Waals surface area contributed by atoms with Crippen LogP contribution in [-0.4, -0.2) is 21.7 Å². The number of phenols is 1. The molecule has 4 N–H and O–H groups in total. The van der Waals surface area contributed by atoms with Gasteiger partial charge in [0, 0.05) is 6.07 Å². The molecule has 0 fully saturated rings. The average Bonchev–Trinajstić information content (AvgIpc) is 2.27. The number of nitrogens with zero attached hydrogens (tertiary/aromatic N) is 2. The van der Waals surface area contributed by atoms with Crippen molar-refractivity contribution in [1.82, 2.24) is 0 Å². The van der Waals surface area contributed by atoms with Crippen LogP contribution in [0.1, 0.15) is 17.2 Å². The summed E-state index contributed by atoms with van der Waals surface area (Å²) in [5.41, 5.74) is 4.66. The molecule has 0 spiro atoms. The highest BCUT2D eigenvalue weighted by atomic mass is 16.6. The van der Waals surface area contributed by atoms with Gasteiger partial charge in [-0.05, 0) is 6.07 Å². The van der Waals surface area contributed by atoms with Crippen LogP contribution in [0.5, 0.6) is 5.75 Å². The molecule has 0 aliphatic rings. The highest BCUT2D eigenvalue weighted by Gasteiger charge is 2.25. The van der Waals surface area contributed by atoms with Crippen LogP contribution in [0.3, 0.4) is 0 Å². The summed E-state index contributed by atoms with van der Waals surface area (Å²) in [6, 6.07) is 2.77. The predicted octanol–water partition coefficient (Wildman–Crippen LogP) is 0.164. The molecule has 0 aromatic heterocycles. The van der Waals surface area contributed by atoms with Gasteiger partial charge in [0.05, 0.1) is 28.7 Å². The fourth-order valence-corrected chi connectivity index (χ4v) is 1.30. The zero-order valence-corrected chi connectivity index (χ0v) is 8.12. The highest BCUT2D eigenvalue weighted by Crippen LogP contribution is 2.34. The first-order chi connectivity index (χ1) is 7.52. The molecule has 0 amide bonds. The van der Waals surface area contributed by atoms with E-state index >= 15 is 0 Å². The van der Waals surface area contributed by atoms with Gasteiger partial charge in [-0.25, -0.2) is 0 Å². The summed E-state index contributed by atoms with van der Waals surface area (Å²) in [4.78, 5) is 9.94. The first-order valence-corrected chi connectivity index (χ1v) is 4.29. The number of hydrogen-bond donors (Lipinski definition) is 3. The second-order valence-corrected chi connectivity index (χ2v) is 3.05. The summed E-state index contributed by atoms with van der Waals surface area (Å²) in [7, 11) is 0. The Morgan fingerprint density at radius 1 is 1.62 bits per heavy atom. The van der Waals surface area contributed by atoms with Crippen molar-refractivity contribution >= 4 is 5.69 Å². The fourth-order valence-electron chi connectivity index (χ4n) is 1.30. The Balaban J connectivity index is 3.50. The zero-order valence-electron chi connectivity index (χ0n) is 8.12. The number of aliphatic hydroxyl groups is 1. The van der Waals surface area contributed by atoms with Gasteiger partial charge in [0.1, 0.15) is 11.8 Å². The van der Waals surface area contributed by atoms with Gasteiger partial charge < -0.3 is 15.9 Å². The molecule has 0 heterocycles. The molecule has 1 atom stereocenters. The standard InChI is InChI=1S/C9H9N3O4/c10-3-5-1-2-7(12(15)16)8(9(5)14)6(11)4-13/h1-2,6,13-14H,4,11H2/t6-/m1/s1. The lowest BCUT2D eigenvalue weighted by atomic mass is 10.0. The van der Waals surface area contributed by atoms with Gasteiger partial charge in [-0.15, -0.1) is 0 Å². The highest BCUT2D eigenvalue weighted by molar-refractivity contribution is 5.58. The normalized spacial score (nSPS) is 11.8. The second-order valence-electron chi connectivity index (χ2n) is 3.05. The van der Waals surface area contributed by atoms with Crippen LogP contribution in [0.2, 0.25) is 0 Å². The van der Waals surface area contributed by atoms with Gasteiger partial charge in [-0.1, -0.05) is 0 Å². The molecule has 0 saturated carbocycles. The third kappa shape index (κ3) is 1.93. The summed E-state index contributed by atoms with van der Waals surface area (Å²) in [6.45, 7) is -0.566. The van der Waals surface area contributed by atoms with E-state index in [1.54, 1.807) is 6.07 Å². The van der Waals surface area contributed by atoms with Crippen LogP contribution in [0.15, 0.2) is 12.1 Å². The molecular formula is C9H9N3O4. The maximum Gasteiger partial charge on any atom is 0.278 e. The molecule has 1 aromatic carbocycles. The molecule has 0 saturated heterocycles. The number of nitro benzene ring substituents is 1. The fraction of sp³-hybridized carbons (Fsp3) is 0.222. The number of hydrogen-bond acceptors (Lipinski definition) is 6. The molecule has 0 radical (unpaired) electrons. The number of rotatable bonds is 3. The van der Waals surface area contributed by atoms with Gasteiger partial charge in [0.15, 0.2) is 0 Å². The third-order valence-electron chi connectivity index (χ3n) is 2.08. The molecule has 0 bridgehead atoms. The Morgan fingerprint density at radius 2 is 2.25 bits per heavy atom. The van der Waals surface area contributed by atoms with Crippen LogP contribution in [-0.2, 0) is 0 Å². The number of benzene rings is 1. The summed E-state index contributed by atoms with van der Waals surface area (Å²) in [6.07, 6.45) is 0. The van der Waals surface area contributed by atoms with Gasteiger partial charge in [0.2, 0.25) is 0 Å². The maximum absolute atomic E-state index is 10.7. The minimum atomic E-state index is -1.10. The minimum absolute atomic E-state index is 0.121. The van der Waals surface area contributed by atoms with E-state index in [4.69, 9.17) is 16.1 Å². The van der Waals surface area contributed by atoms with E-state index in [9.17, 15) is 15.2 Å². The maximum atomic E-state index is 10.7. The monoisotopic (exact) mass is 223 g/mol. The van der Waals surface area contributed by atoms with Crippen molar-refractivity contribution in [3.05, 3.63) is 33.4 Å². The molecule has 7 nitrogen and oxygen atoms in total. The van der Waals surface area contributed by atoms with Gasteiger partial charge in [-0.3, -0.25) is 10.1 Å². The van der Waals surface area contributed by atoms with Gasteiger partial charge in [-0.2, -0.15) is 5.26 Å². The minimum Gasteiger partial charge on any atom is -0.506 e. The summed E-state index contributed by atoms with van der Waals surface area (Å²) >= 11 is 0. The van der Waals surface area contributed by atoms with E-state index in [-0.39, 0.29) is 11.1 Å². The molecule has 84 valence electrons. The predicted molar refractivity (Wildman–Crippen MR) is 53.5 cm³/mol. The van der Waals surface area contributed by atoms with Gasteiger partial charge >= 0.3 is 0 Å². The smallest absolute Gasteiger partial charge is 0.278 e. The topological polar surface area (TPSA) is 133 Å². The lowest BCUT2D eigenvalue weighted by Crippen LogP contribution is -2.16. The Labute approximate surface area is 90.5 Å². The summed E-state index contributed by atoms with van der Waals surface area (Å²) in [5.74, 6) is -0.557. The number of nitriles is 1. The quantitative estimate of drug-likeness (QED) is 0.493. The largest absolute Gasteiger partial charge is 0.506 e. The number of aromatic hydroxyl groups is 1. The second kappa shape index (κ2) is 4.57. The van der Waals surface area contributed by atoms with Crippen molar-refractivity contribution in [3.8, 4) is 11.8 Å². The van der Waals surface area contributed by atoms with Crippen molar-refractivity contribution in [2.75, 3.05) is 6.61 Å². The van der Waals surface area contributed by atoms with E-state index in [2.05, 4.69) is 0 Å². The van der Waals surface area contributed by atoms with Crippen molar-refractivity contribution in [3.63, 3.8) is 0 Å². The van der Waals surface area contributed by atoms with Crippen LogP contribution in [0.4, 0.5) is 5.69 Å². The molecule has 0 unspecified atom stereocenters. The molecule has 0 aliphatic heterocycles. The van der Waals surface area contributed by atoms with E-state index < -0.39 is 29.0 Å². The zero-order chi connectivity index (χ0) is 12.3. The summed E-state index contributed by atoms with van der Waals surface area (Å²) < 4.78 is 0. The van der Waals surface area contributed by atoms with Gasteiger partial charge in [0.25, 0.3) is 5.69 Å². The summed E-state index contributed by atoms with van der Waals surface area (Å²) in [5, 5.41) is 37.8. The number of nitro groups is 1.